The van der Waals surface area contributed by atoms with Crippen molar-refractivity contribution in [3.8, 4) is 0 Å². The Hall–Kier alpha value is -1.06. The van der Waals surface area contributed by atoms with Crippen molar-refractivity contribution < 1.29 is 0 Å². The molecule has 0 aliphatic carbocycles. The molecule has 17 heavy (non-hydrogen) atoms. The summed E-state index contributed by atoms with van der Waals surface area (Å²) < 4.78 is 2.33. The first-order chi connectivity index (χ1) is 8.31. The van der Waals surface area contributed by atoms with E-state index < -0.39 is 0 Å². The van der Waals surface area contributed by atoms with Crippen molar-refractivity contribution in [1.82, 2.24) is 9.88 Å². The Bertz CT molecular complexity index is 431. The van der Waals surface area contributed by atoms with Gasteiger partial charge in [0.2, 0.25) is 0 Å². The Balaban J connectivity index is 2.06. The fourth-order valence-electron chi connectivity index (χ4n) is 2.00. The molecule has 2 nitrogen and oxygen atoms in total. The molecule has 0 aliphatic rings. The highest BCUT2D eigenvalue weighted by atomic mass is 32.1. The van der Waals surface area contributed by atoms with Crippen molar-refractivity contribution in [2.45, 2.75) is 32.9 Å². The number of nitrogens with one attached hydrogen (secondary N) is 1. The van der Waals surface area contributed by atoms with Crippen molar-refractivity contribution in [2.24, 2.45) is 0 Å². The van der Waals surface area contributed by atoms with Crippen LogP contribution in [0.1, 0.15) is 36.9 Å². The minimum atomic E-state index is 0.421. The van der Waals surface area contributed by atoms with Crippen molar-refractivity contribution >= 4 is 11.3 Å². The zero-order valence-corrected chi connectivity index (χ0v) is 11.3. The third-order valence-electron chi connectivity index (χ3n) is 2.92. The van der Waals surface area contributed by atoms with E-state index in [1.54, 1.807) is 0 Å². The number of hydrogen-bond donors (Lipinski definition) is 1. The maximum atomic E-state index is 3.54. The molecule has 2 aromatic rings. The molecule has 2 heterocycles. The third kappa shape index (κ3) is 3.20. The van der Waals surface area contributed by atoms with Gasteiger partial charge in [-0.2, -0.15) is 0 Å². The molecule has 1 N–H and O–H groups in total. The fourth-order valence-corrected chi connectivity index (χ4v) is 2.70. The van der Waals surface area contributed by atoms with Gasteiger partial charge in [-0.25, -0.2) is 0 Å². The van der Waals surface area contributed by atoms with E-state index in [4.69, 9.17) is 0 Å². The highest BCUT2D eigenvalue weighted by Crippen LogP contribution is 2.17. The molecule has 3 heteroatoms. The van der Waals surface area contributed by atoms with Crippen LogP contribution in [0.3, 0.4) is 0 Å². The Morgan fingerprint density at radius 3 is 2.94 bits per heavy atom. The summed E-state index contributed by atoms with van der Waals surface area (Å²) in [4.78, 5) is 1.41. The van der Waals surface area contributed by atoms with Crippen LogP contribution in [0.25, 0.3) is 0 Å². The van der Waals surface area contributed by atoms with Gasteiger partial charge in [0.1, 0.15) is 0 Å². The van der Waals surface area contributed by atoms with Crippen LogP contribution in [0.4, 0.5) is 0 Å². The Morgan fingerprint density at radius 2 is 2.24 bits per heavy atom. The molecule has 0 saturated heterocycles. The Kier molecular flexibility index (Phi) is 4.40. The maximum Gasteiger partial charge on any atom is 0.0566 e. The Labute approximate surface area is 107 Å². The molecule has 0 radical (unpaired) electrons. The molecule has 0 saturated carbocycles. The van der Waals surface area contributed by atoms with E-state index in [1.807, 2.05) is 11.3 Å². The average molecular weight is 248 g/mol. The quantitative estimate of drug-likeness (QED) is 0.825. The first-order valence-corrected chi connectivity index (χ1v) is 7.10. The molecule has 0 aromatic carbocycles. The van der Waals surface area contributed by atoms with E-state index in [0.29, 0.717) is 6.04 Å². The fraction of sp³-hybridized carbons (Fsp3) is 0.429. The highest BCUT2D eigenvalue weighted by molar-refractivity contribution is 7.09. The average Bonchev–Trinajstić information content (AvgIpc) is 2.97. The lowest BCUT2D eigenvalue weighted by atomic mass is 10.2. The van der Waals surface area contributed by atoms with Gasteiger partial charge < -0.3 is 9.88 Å². The molecule has 0 spiro atoms. The van der Waals surface area contributed by atoms with Gasteiger partial charge in [-0.1, -0.05) is 13.0 Å². The van der Waals surface area contributed by atoms with Gasteiger partial charge in [0.15, 0.2) is 0 Å². The summed E-state index contributed by atoms with van der Waals surface area (Å²) >= 11 is 1.82. The van der Waals surface area contributed by atoms with Crippen LogP contribution in [0.15, 0.2) is 35.8 Å². The lowest BCUT2D eigenvalue weighted by molar-refractivity contribution is 0.535. The van der Waals surface area contributed by atoms with E-state index in [-0.39, 0.29) is 0 Å². The van der Waals surface area contributed by atoms with Crippen LogP contribution in [-0.4, -0.2) is 11.1 Å². The van der Waals surface area contributed by atoms with Crippen LogP contribution in [0.2, 0.25) is 0 Å². The summed E-state index contributed by atoms with van der Waals surface area (Å²) in [6, 6.07) is 9.07. The Morgan fingerprint density at radius 1 is 1.35 bits per heavy atom. The maximum absolute atomic E-state index is 3.54. The highest BCUT2D eigenvalue weighted by Gasteiger charge is 2.09. The van der Waals surface area contributed by atoms with Crippen LogP contribution < -0.4 is 5.32 Å². The molecule has 1 atom stereocenters. The molecule has 2 rings (SSSR count). The number of hydrogen-bond acceptors (Lipinski definition) is 2. The van der Waals surface area contributed by atoms with Crippen LogP contribution in [0.5, 0.6) is 0 Å². The van der Waals surface area contributed by atoms with E-state index >= 15 is 0 Å². The molecule has 2 aromatic heterocycles. The summed E-state index contributed by atoms with van der Waals surface area (Å²) in [6.45, 7) is 6.49. The molecule has 0 amide bonds. The number of rotatable bonds is 6. The van der Waals surface area contributed by atoms with Gasteiger partial charge >= 0.3 is 0 Å². The number of aromatic nitrogens is 1. The first-order valence-electron chi connectivity index (χ1n) is 6.22. The molecule has 1 unspecified atom stereocenters. The smallest absolute Gasteiger partial charge is 0.0566 e. The summed E-state index contributed by atoms with van der Waals surface area (Å²) in [5, 5.41) is 5.67. The standard InChI is InChI=1S/C14H20N2S/c1-3-8-15-12(2)14-7-4-9-16(14)11-13-6-5-10-17-13/h4-7,9-10,12,15H,3,8,11H2,1-2H3. The minimum Gasteiger partial charge on any atom is -0.345 e. The second kappa shape index (κ2) is 6.03. The second-order valence-electron chi connectivity index (χ2n) is 4.32. The zero-order valence-electron chi connectivity index (χ0n) is 10.5. The first kappa shape index (κ1) is 12.4. The number of nitrogens with zero attached hydrogens (tertiary/aromatic N) is 1. The predicted octanol–water partition coefficient (Wildman–Crippen LogP) is 3.66. The van der Waals surface area contributed by atoms with Crippen molar-refractivity contribution in [1.29, 1.82) is 0 Å². The van der Waals surface area contributed by atoms with Gasteiger partial charge in [-0.3, -0.25) is 0 Å². The van der Waals surface area contributed by atoms with E-state index in [0.717, 1.165) is 13.1 Å². The third-order valence-corrected chi connectivity index (χ3v) is 3.78. The normalized spacial score (nSPS) is 12.8. The van der Waals surface area contributed by atoms with E-state index in [2.05, 4.69) is 59.6 Å². The van der Waals surface area contributed by atoms with Crippen LogP contribution in [0, 0.1) is 0 Å². The monoisotopic (exact) mass is 248 g/mol. The molecule has 0 aliphatic heterocycles. The van der Waals surface area contributed by atoms with Crippen molar-refractivity contribution in [3.63, 3.8) is 0 Å². The molecular weight excluding hydrogens is 228 g/mol. The van der Waals surface area contributed by atoms with Crippen molar-refractivity contribution in [2.75, 3.05) is 6.54 Å². The molecule has 92 valence electrons. The summed E-state index contributed by atoms with van der Waals surface area (Å²) in [5.74, 6) is 0. The summed E-state index contributed by atoms with van der Waals surface area (Å²) in [6.07, 6.45) is 3.34. The predicted molar refractivity (Wildman–Crippen MR) is 74.6 cm³/mol. The zero-order chi connectivity index (χ0) is 12.1. The minimum absolute atomic E-state index is 0.421. The van der Waals surface area contributed by atoms with Gasteiger partial charge in [0.25, 0.3) is 0 Å². The van der Waals surface area contributed by atoms with Crippen molar-refractivity contribution in [3.05, 3.63) is 46.4 Å². The lowest BCUT2D eigenvalue weighted by Gasteiger charge is -2.16. The van der Waals surface area contributed by atoms with Gasteiger partial charge in [-0.05, 0) is 43.5 Å². The second-order valence-corrected chi connectivity index (χ2v) is 5.35. The van der Waals surface area contributed by atoms with Gasteiger partial charge in [0, 0.05) is 22.8 Å². The van der Waals surface area contributed by atoms with E-state index in [1.165, 1.54) is 17.0 Å². The molecule has 0 fully saturated rings. The van der Waals surface area contributed by atoms with Gasteiger partial charge in [-0.15, -0.1) is 11.3 Å². The molecular formula is C14H20N2S. The van der Waals surface area contributed by atoms with Crippen LogP contribution in [-0.2, 0) is 6.54 Å². The van der Waals surface area contributed by atoms with Crippen LogP contribution >= 0.6 is 11.3 Å². The molecule has 0 bridgehead atoms. The topological polar surface area (TPSA) is 17.0 Å². The lowest BCUT2D eigenvalue weighted by Crippen LogP contribution is -2.21. The SMILES string of the molecule is CCCNC(C)c1cccn1Cc1cccs1. The summed E-state index contributed by atoms with van der Waals surface area (Å²) in [5.41, 5.74) is 1.37. The largest absolute Gasteiger partial charge is 0.345 e. The number of thiophene rings is 1. The summed E-state index contributed by atoms with van der Waals surface area (Å²) in [7, 11) is 0. The van der Waals surface area contributed by atoms with E-state index in [9.17, 15) is 0 Å². The van der Waals surface area contributed by atoms with Gasteiger partial charge in [0.05, 0.1) is 6.54 Å².